The first-order valence-electron chi connectivity index (χ1n) is 5.43. The van der Waals surface area contributed by atoms with E-state index in [1.54, 1.807) is 0 Å². The Morgan fingerprint density at radius 3 is 2.30 bits per heavy atom. The molecule has 1 aromatic heterocycles. The number of rotatable bonds is 3. The Kier molecular flexibility index (Phi) is 4.05. The Bertz CT molecular complexity index is 590. The van der Waals surface area contributed by atoms with Gasteiger partial charge >= 0.3 is 6.18 Å². The van der Waals surface area contributed by atoms with E-state index in [4.69, 9.17) is 0 Å². The highest BCUT2D eigenvalue weighted by Gasteiger charge is 2.35. The van der Waals surface area contributed by atoms with Crippen molar-refractivity contribution >= 4 is 11.3 Å². The van der Waals surface area contributed by atoms with Crippen LogP contribution in [-0.2, 0) is 12.6 Å². The van der Waals surface area contributed by atoms with E-state index >= 15 is 0 Å². The van der Waals surface area contributed by atoms with Crippen molar-refractivity contribution in [2.24, 2.45) is 0 Å². The average molecular weight is 309 g/mol. The van der Waals surface area contributed by atoms with Crippen molar-refractivity contribution in [2.75, 3.05) is 0 Å². The normalized spacial score (nSPS) is 13.5. The van der Waals surface area contributed by atoms with Gasteiger partial charge in [0.15, 0.2) is 5.01 Å². The summed E-state index contributed by atoms with van der Waals surface area (Å²) in [5.41, 5.74) is -0.373. The number of aliphatic hydroxyl groups excluding tert-OH is 1. The molecule has 0 aliphatic carbocycles. The average Bonchev–Trinajstić information content (AvgIpc) is 2.83. The quantitative estimate of drug-likeness (QED) is 0.877. The molecule has 108 valence electrons. The number of aliphatic hydroxyl groups is 1. The van der Waals surface area contributed by atoms with Crippen molar-refractivity contribution in [3.05, 3.63) is 51.5 Å². The number of alkyl halides is 3. The van der Waals surface area contributed by atoms with Crippen LogP contribution in [0.2, 0.25) is 0 Å². The molecule has 0 bridgehead atoms. The summed E-state index contributed by atoms with van der Waals surface area (Å²) in [7, 11) is 0. The topological polar surface area (TPSA) is 33.1 Å². The van der Waals surface area contributed by atoms with Crippen LogP contribution in [0.15, 0.2) is 24.4 Å². The zero-order valence-electron chi connectivity index (χ0n) is 9.79. The molecule has 2 aromatic rings. The van der Waals surface area contributed by atoms with Gasteiger partial charge in [-0.1, -0.05) is 6.07 Å². The van der Waals surface area contributed by atoms with E-state index in [1.165, 1.54) is 0 Å². The molecule has 1 unspecified atom stereocenters. The lowest BCUT2D eigenvalue weighted by atomic mass is 10.1. The first kappa shape index (κ1) is 14.9. The first-order valence-corrected chi connectivity index (χ1v) is 6.24. The summed E-state index contributed by atoms with van der Waals surface area (Å²) in [4.78, 5) is 3.04. The number of nitrogens with zero attached hydrogens (tertiary/aromatic N) is 1. The zero-order chi connectivity index (χ0) is 14.9. The minimum absolute atomic E-state index is 0.0972. The molecule has 0 amide bonds. The second kappa shape index (κ2) is 5.45. The van der Waals surface area contributed by atoms with Crippen LogP contribution in [0.1, 0.15) is 21.6 Å². The molecule has 20 heavy (non-hydrogen) atoms. The lowest BCUT2D eigenvalue weighted by Crippen LogP contribution is -2.04. The number of aromatic nitrogens is 1. The highest BCUT2D eigenvalue weighted by molar-refractivity contribution is 7.11. The van der Waals surface area contributed by atoms with Gasteiger partial charge in [0.1, 0.15) is 11.6 Å². The summed E-state index contributed by atoms with van der Waals surface area (Å²) in [5, 5.41) is 8.66. The minimum Gasteiger partial charge on any atom is -0.387 e. The first-order chi connectivity index (χ1) is 9.29. The fourth-order valence-corrected chi connectivity index (χ4v) is 2.36. The van der Waals surface area contributed by atoms with E-state index in [1.807, 2.05) is 0 Å². The molecule has 1 atom stereocenters. The van der Waals surface area contributed by atoms with Crippen LogP contribution in [0.5, 0.6) is 0 Å². The van der Waals surface area contributed by atoms with Crippen molar-refractivity contribution in [2.45, 2.75) is 18.7 Å². The second-order valence-electron chi connectivity index (χ2n) is 3.99. The predicted molar refractivity (Wildman–Crippen MR) is 62.1 cm³/mol. The Hall–Kier alpha value is -1.54. The molecule has 0 aliphatic heterocycles. The highest BCUT2D eigenvalue weighted by Crippen LogP contribution is 2.35. The van der Waals surface area contributed by atoms with Crippen molar-refractivity contribution in [1.82, 2.24) is 4.98 Å². The highest BCUT2D eigenvalue weighted by atomic mass is 32.1. The summed E-state index contributed by atoms with van der Waals surface area (Å²) in [5.74, 6) is -1.71. The number of thiazole rings is 1. The van der Waals surface area contributed by atoms with Crippen LogP contribution in [0, 0.1) is 11.6 Å². The Morgan fingerprint density at radius 1 is 1.20 bits per heavy atom. The Balaban J connectivity index is 2.20. The third-order valence-corrected chi connectivity index (χ3v) is 3.70. The maximum absolute atomic E-state index is 13.4. The second-order valence-corrected chi connectivity index (χ2v) is 5.05. The van der Waals surface area contributed by atoms with Crippen LogP contribution in [0.4, 0.5) is 22.0 Å². The van der Waals surface area contributed by atoms with Gasteiger partial charge in [-0.2, -0.15) is 13.2 Å². The standard InChI is InChI=1S/C12H8F5NOS/c13-7-2-1-3-8(14)6(7)4-9(19)10-5-18-11(20-10)12(15,16)17/h1-3,5,9,19H,4H2. The summed E-state index contributed by atoms with van der Waals surface area (Å²) in [6.07, 6.45) is -5.66. The fraction of sp³-hybridized carbons (Fsp3) is 0.250. The van der Waals surface area contributed by atoms with Crippen molar-refractivity contribution in [3.8, 4) is 0 Å². The maximum Gasteiger partial charge on any atom is 0.443 e. The summed E-state index contributed by atoms with van der Waals surface area (Å²) >= 11 is 0.248. The van der Waals surface area contributed by atoms with Gasteiger partial charge in [0.2, 0.25) is 0 Å². The molecule has 1 heterocycles. The van der Waals surface area contributed by atoms with Crippen LogP contribution in [0.25, 0.3) is 0 Å². The van der Waals surface area contributed by atoms with E-state index in [0.29, 0.717) is 0 Å². The SMILES string of the molecule is OC(Cc1c(F)cccc1F)c1cnc(C(F)(F)F)s1. The molecule has 2 nitrogen and oxygen atoms in total. The number of benzene rings is 1. The predicted octanol–water partition coefficient (Wildman–Crippen LogP) is 3.72. The van der Waals surface area contributed by atoms with E-state index < -0.39 is 35.3 Å². The molecule has 1 N–H and O–H groups in total. The van der Waals surface area contributed by atoms with Gasteiger partial charge in [-0.25, -0.2) is 13.8 Å². The third-order valence-electron chi connectivity index (χ3n) is 2.55. The van der Waals surface area contributed by atoms with Crippen LogP contribution in [-0.4, -0.2) is 10.1 Å². The Labute approximate surface area is 114 Å². The van der Waals surface area contributed by atoms with E-state index in [9.17, 15) is 27.1 Å². The number of hydrogen-bond donors (Lipinski definition) is 1. The van der Waals surface area contributed by atoms with Gasteiger partial charge in [0.25, 0.3) is 0 Å². The van der Waals surface area contributed by atoms with Crippen LogP contribution in [0.3, 0.4) is 0 Å². The summed E-state index contributed by atoms with van der Waals surface area (Å²) in [6.45, 7) is 0. The van der Waals surface area contributed by atoms with Crippen molar-refractivity contribution in [1.29, 1.82) is 0 Å². The molecule has 0 saturated heterocycles. The molecule has 0 saturated carbocycles. The van der Waals surface area contributed by atoms with Gasteiger partial charge in [-0.05, 0) is 12.1 Å². The number of halogens is 5. The van der Waals surface area contributed by atoms with Gasteiger partial charge < -0.3 is 5.11 Å². The molecule has 0 spiro atoms. The smallest absolute Gasteiger partial charge is 0.387 e. The molecule has 1 aromatic carbocycles. The van der Waals surface area contributed by atoms with Crippen LogP contribution < -0.4 is 0 Å². The monoisotopic (exact) mass is 309 g/mol. The van der Waals surface area contributed by atoms with E-state index in [0.717, 1.165) is 24.4 Å². The van der Waals surface area contributed by atoms with Gasteiger partial charge in [-0.3, -0.25) is 0 Å². The molecular weight excluding hydrogens is 301 g/mol. The molecule has 0 radical (unpaired) electrons. The van der Waals surface area contributed by atoms with Crippen molar-refractivity contribution < 1.29 is 27.1 Å². The lowest BCUT2D eigenvalue weighted by molar-refractivity contribution is -0.137. The maximum atomic E-state index is 13.4. The van der Waals surface area contributed by atoms with Gasteiger partial charge in [-0.15, -0.1) is 11.3 Å². The van der Waals surface area contributed by atoms with Gasteiger partial charge in [0, 0.05) is 18.2 Å². The zero-order valence-corrected chi connectivity index (χ0v) is 10.6. The Morgan fingerprint density at radius 2 is 1.80 bits per heavy atom. The molecule has 8 heteroatoms. The van der Waals surface area contributed by atoms with Crippen LogP contribution >= 0.6 is 11.3 Å². The molecule has 0 aliphatic rings. The minimum atomic E-state index is -4.61. The van der Waals surface area contributed by atoms with Gasteiger partial charge in [0.05, 0.1) is 11.0 Å². The van der Waals surface area contributed by atoms with E-state index in [-0.39, 0.29) is 21.8 Å². The molecule has 0 fully saturated rings. The molecular formula is C12H8F5NOS. The lowest BCUT2D eigenvalue weighted by Gasteiger charge is -2.09. The largest absolute Gasteiger partial charge is 0.443 e. The molecule has 2 rings (SSSR count). The van der Waals surface area contributed by atoms with Crippen molar-refractivity contribution in [3.63, 3.8) is 0 Å². The third kappa shape index (κ3) is 3.13. The van der Waals surface area contributed by atoms with E-state index in [2.05, 4.69) is 4.98 Å². The number of hydrogen-bond acceptors (Lipinski definition) is 3. The summed E-state index contributed by atoms with van der Waals surface area (Å²) < 4.78 is 63.9. The fourth-order valence-electron chi connectivity index (χ4n) is 1.59. The summed E-state index contributed by atoms with van der Waals surface area (Å²) in [6, 6.07) is 3.19.